The van der Waals surface area contributed by atoms with Crippen molar-refractivity contribution in [2.45, 2.75) is 27.3 Å². The lowest BCUT2D eigenvalue weighted by molar-refractivity contribution is -0.123. The molecule has 162 valence electrons. The van der Waals surface area contributed by atoms with Crippen LogP contribution in [0.4, 0.5) is 0 Å². The van der Waals surface area contributed by atoms with Crippen LogP contribution in [0.25, 0.3) is 10.9 Å². The van der Waals surface area contributed by atoms with Crippen molar-refractivity contribution in [3.63, 3.8) is 0 Å². The minimum Gasteiger partial charge on any atom is -0.483 e. The molecule has 1 aromatic heterocycles. The van der Waals surface area contributed by atoms with Crippen molar-refractivity contribution < 1.29 is 9.53 Å². The van der Waals surface area contributed by atoms with Crippen molar-refractivity contribution >= 4 is 23.0 Å². The van der Waals surface area contributed by atoms with Crippen LogP contribution in [-0.4, -0.2) is 23.3 Å². The highest BCUT2D eigenvalue weighted by Gasteiger charge is 2.13. The molecule has 0 aliphatic heterocycles. The summed E-state index contributed by atoms with van der Waals surface area (Å²) in [5.41, 5.74) is 9.06. The number of para-hydroxylation sites is 2. The number of nitrogens with one attached hydrogen (secondary N) is 1. The van der Waals surface area contributed by atoms with E-state index in [4.69, 9.17) is 4.74 Å². The number of carbonyl (C=O) groups excluding carboxylic acids is 1. The van der Waals surface area contributed by atoms with Gasteiger partial charge in [0.1, 0.15) is 5.75 Å². The molecule has 0 radical (unpaired) electrons. The third kappa shape index (κ3) is 4.57. The number of hydrazone groups is 1. The van der Waals surface area contributed by atoms with Crippen LogP contribution in [0.1, 0.15) is 27.9 Å². The number of nitrogens with zero attached hydrogens (tertiary/aromatic N) is 2. The number of hydrogen-bond acceptors (Lipinski definition) is 3. The Morgan fingerprint density at radius 2 is 1.62 bits per heavy atom. The van der Waals surface area contributed by atoms with Crippen molar-refractivity contribution in [2.75, 3.05) is 6.61 Å². The van der Waals surface area contributed by atoms with Crippen LogP contribution in [0.2, 0.25) is 0 Å². The molecule has 5 nitrogen and oxygen atoms in total. The molecule has 1 heterocycles. The summed E-state index contributed by atoms with van der Waals surface area (Å²) in [7, 11) is 0. The molecular formula is C27H27N3O2. The van der Waals surface area contributed by atoms with Crippen LogP contribution in [0, 0.1) is 20.8 Å². The van der Waals surface area contributed by atoms with E-state index in [-0.39, 0.29) is 12.5 Å². The van der Waals surface area contributed by atoms with Gasteiger partial charge in [0.25, 0.3) is 5.91 Å². The highest BCUT2D eigenvalue weighted by atomic mass is 16.5. The van der Waals surface area contributed by atoms with E-state index < -0.39 is 0 Å². The number of ether oxygens (including phenoxy) is 1. The van der Waals surface area contributed by atoms with Crippen molar-refractivity contribution in [2.24, 2.45) is 5.10 Å². The SMILES string of the molecule is Cc1cccc(C)c1OCC(=O)N/N=C\c1c(C)n(Cc2ccccc2)c2ccccc12. The zero-order chi connectivity index (χ0) is 22.5. The summed E-state index contributed by atoms with van der Waals surface area (Å²) in [6.07, 6.45) is 1.72. The fraction of sp³-hybridized carbons (Fsp3) is 0.185. The van der Waals surface area contributed by atoms with E-state index >= 15 is 0 Å². The molecule has 5 heteroatoms. The average molecular weight is 426 g/mol. The standard InChI is InChI=1S/C27H27N3O2/c1-19-10-9-11-20(2)27(19)32-18-26(31)29-28-16-24-21(3)30(17-22-12-5-4-6-13-22)25-15-8-7-14-23(24)25/h4-16H,17-18H2,1-3H3,(H,29,31)/b28-16-. The summed E-state index contributed by atoms with van der Waals surface area (Å²) in [5, 5.41) is 5.31. The number of carbonyl (C=O) groups is 1. The molecular weight excluding hydrogens is 398 g/mol. The Kier molecular flexibility index (Phi) is 6.36. The summed E-state index contributed by atoms with van der Waals surface area (Å²) in [6, 6.07) is 24.5. The first kappa shape index (κ1) is 21.4. The van der Waals surface area contributed by atoms with Crippen molar-refractivity contribution in [3.05, 3.63) is 101 Å². The number of rotatable bonds is 7. The van der Waals surface area contributed by atoms with Gasteiger partial charge in [-0.2, -0.15) is 5.10 Å². The predicted octanol–water partition coefficient (Wildman–Crippen LogP) is 5.14. The van der Waals surface area contributed by atoms with Crippen LogP contribution in [0.3, 0.4) is 0 Å². The lowest BCUT2D eigenvalue weighted by atomic mass is 10.1. The molecule has 0 aliphatic carbocycles. The van der Waals surface area contributed by atoms with Gasteiger partial charge in [-0.25, -0.2) is 5.43 Å². The molecule has 0 spiro atoms. The molecule has 0 unspecified atom stereocenters. The van der Waals surface area contributed by atoms with Gasteiger partial charge in [-0.05, 0) is 43.5 Å². The molecule has 0 fully saturated rings. The Morgan fingerprint density at radius 3 is 2.38 bits per heavy atom. The minimum absolute atomic E-state index is 0.0855. The number of fused-ring (bicyclic) bond motifs is 1. The normalized spacial score (nSPS) is 11.2. The van der Waals surface area contributed by atoms with Crippen LogP contribution in [0.15, 0.2) is 77.9 Å². The average Bonchev–Trinajstić information content (AvgIpc) is 3.05. The molecule has 3 aromatic carbocycles. The van der Waals surface area contributed by atoms with Crippen molar-refractivity contribution in [3.8, 4) is 5.75 Å². The Bertz CT molecular complexity index is 1250. The Balaban J connectivity index is 1.49. The lowest BCUT2D eigenvalue weighted by Gasteiger charge is -2.10. The molecule has 1 N–H and O–H groups in total. The highest BCUT2D eigenvalue weighted by molar-refractivity contribution is 6.01. The first-order chi connectivity index (χ1) is 15.5. The molecule has 32 heavy (non-hydrogen) atoms. The Labute approximate surface area is 188 Å². The number of aryl methyl sites for hydroxylation is 2. The first-order valence-corrected chi connectivity index (χ1v) is 10.7. The summed E-state index contributed by atoms with van der Waals surface area (Å²) in [5.74, 6) is 0.445. The van der Waals surface area contributed by atoms with Gasteiger partial charge in [0.2, 0.25) is 0 Å². The monoisotopic (exact) mass is 425 g/mol. The molecule has 1 amide bonds. The van der Waals surface area contributed by atoms with E-state index in [1.54, 1.807) is 6.21 Å². The maximum atomic E-state index is 12.3. The van der Waals surface area contributed by atoms with Gasteiger partial charge in [-0.1, -0.05) is 66.7 Å². The molecule has 0 atom stereocenters. The zero-order valence-corrected chi connectivity index (χ0v) is 18.6. The number of hydrogen-bond donors (Lipinski definition) is 1. The van der Waals surface area contributed by atoms with E-state index in [0.717, 1.165) is 45.6 Å². The van der Waals surface area contributed by atoms with Gasteiger partial charge in [-0.15, -0.1) is 0 Å². The summed E-state index contributed by atoms with van der Waals surface area (Å²) in [4.78, 5) is 12.3. The molecule has 4 aromatic rings. The van der Waals surface area contributed by atoms with Gasteiger partial charge in [0.05, 0.1) is 6.21 Å². The third-order valence-corrected chi connectivity index (χ3v) is 5.60. The molecule has 0 saturated carbocycles. The van der Waals surface area contributed by atoms with E-state index in [2.05, 4.69) is 58.4 Å². The van der Waals surface area contributed by atoms with E-state index in [1.165, 1.54) is 5.56 Å². The number of aromatic nitrogens is 1. The molecule has 0 bridgehead atoms. The van der Waals surface area contributed by atoms with Crippen LogP contribution < -0.4 is 10.2 Å². The van der Waals surface area contributed by atoms with Crippen LogP contribution >= 0.6 is 0 Å². The predicted molar refractivity (Wildman–Crippen MR) is 129 cm³/mol. The van der Waals surface area contributed by atoms with Crippen molar-refractivity contribution in [1.82, 2.24) is 9.99 Å². The fourth-order valence-corrected chi connectivity index (χ4v) is 3.96. The van der Waals surface area contributed by atoms with Crippen LogP contribution in [0.5, 0.6) is 5.75 Å². The summed E-state index contributed by atoms with van der Waals surface area (Å²) < 4.78 is 7.98. The largest absolute Gasteiger partial charge is 0.483 e. The molecule has 4 rings (SSSR count). The smallest absolute Gasteiger partial charge is 0.277 e. The van der Waals surface area contributed by atoms with E-state index in [9.17, 15) is 4.79 Å². The Morgan fingerprint density at radius 1 is 0.938 bits per heavy atom. The van der Waals surface area contributed by atoms with Gasteiger partial charge < -0.3 is 9.30 Å². The maximum Gasteiger partial charge on any atom is 0.277 e. The second-order valence-electron chi connectivity index (χ2n) is 7.89. The third-order valence-electron chi connectivity index (χ3n) is 5.60. The Hall–Kier alpha value is -3.86. The van der Waals surface area contributed by atoms with Crippen molar-refractivity contribution in [1.29, 1.82) is 0 Å². The highest BCUT2D eigenvalue weighted by Crippen LogP contribution is 2.25. The van der Waals surface area contributed by atoms with Gasteiger partial charge >= 0.3 is 0 Å². The lowest BCUT2D eigenvalue weighted by Crippen LogP contribution is -2.25. The number of amides is 1. The van der Waals surface area contributed by atoms with E-state index in [0.29, 0.717) is 0 Å². The van der Waals surface area contributed by atoms with Gasteiger partial charge in [0.15, 0.2) is 6.61 Å². The minimum atomic E-state index is -0.297. The summed E-state index contributed by atoms with van der Waals surface area (Å²) >= 11 is 0. The number of benzene rings is 3. The zero-order valence-electron chi connectivity index (χ0n) is 18.6. The first-order valence-electron chi connectivity index (χ1n) is 10.7. The maximum absolute atomic E-state index is 12.3. The summed E-state index contributed by atoms with van der Waals surface area (Å²) in [6.45, 7) is 6.70. The molecule has 0 saturated heterocycles. The quantitative estimate of drug-likeness (QED) is 0.329. The fourth-order valence-electron chi connectivity index (χ4n) is 3.96. The topological polar surface area (TPSA) is 55.6 Å². The molecule has 0 aliphatic rings. The van der Waals surface area contributed by atoms with E-state index in [1.807, 2.05) is 50.2 Å². The van der Waals surface area contributed by atoms with Gasteiger partial charge in [0, 0.05) is 28.7 Å². The second kappa shape index (κ2) is 9.52. The van der Waals surface area contributed by atoms with Crippen LogP contribution in [-0.2, 0) is 11.3 Å². The second-order valence-corrected chi connectivity index (χ2v) is 7.89. The van der Waals surface area contributed by atoms with Gasteiger partial charge in [-0.3, -0.25) is 4.79 Å².